The highest BCUT2D eigenvalue weighted by Gasteiger charge is 2.50. The van der Waals surface area contributed by atoms with Crippen molar-refractivity contribution in [1.82, 2.24) is 19.2 Å². The number of piperidine rings is 1. The van der Waals surface area contributed by atoms with Crippen LogP contribution >= 0.6 is 0 Å². The summed E-state index contributed by atoms with van der Waals surface area (Å²) in [5.41, 5.74) is 2.46. The van der Waals surface area contributed by atoms with E-state index in [9.17, 15) is 8.42 Å². The molecule has 1 aromatic carbocycles. The van der Waals surface area contributed by atoms with Gasteiger partial charge < -0.3 is 9.88 Å². The third-order valence-electron chi connectivity index (χ3n) is 5.06. The van der Waals surface area contributed by atoms with Crippen LogP contribution in [0, 0.1) is 0 Å². The molecule has 2 bridgehead atoms. The average molecular weight is 358 g/mol. The maximum Gasteiger partial charge on any atom is 0.262 e. The molecule has 0 radical (unpaired) electrons. The summed E-state index contributed by atoms with van der Waals surface area (Å²) in [6, 6.07) is 8.86. The Labute approximate surface area is 148 Å². The summed E-state index contributed by atoms with van der Waals surface area (Å²) < 4.78 is 28.7. The molecule has 1 unspecified atom stereocenters. The van der Waals surface area contributed by atoms with Crippen molar-refractivity contribution in [2.45, 2.75) is 30.0 Å². The van der Waals surface area contributed by atoms with Crippen molar-refractivity contribution in [2.75, 3.05) is 13.1 Å². The smallest absolute Gasteiger partial charge is 0.262 e. The van der Waals surface area contributed by atoms with E-state index in [2.05, 4.69) is 40.6 Å². The van der Waals surface area contributed by atoms with Crippen molar-refractivity contribution in [2.24, 2.45) is 7.05 Å². The van der Waals surface area contributed by atoms with Gasteiger partial charge in [0.25, 0.3) is 10.0 Å². The standard InChI is InChI=1S/C18H22N4O2S/c1-3-4-13-5-7-14(8-6-13)18-15-9-22(10-16(18)20-15)25(23,24)17-11-21(2)12-19-17/h3-8,11-12,15-16,18,20H,9-10H2,1-2H3/b4-3+/t15-,16+,18?. The van der Waals surface area contributed by atoms with Crippen LogP contribution in [-0.4, -0.2) is 47.4 Å². The highest BCUT2D eigenvalue weighted by atomic mass is 32.2. The molecule has 0 spiro atoms. The fraction of sp³-hybridized carbons (Fsp3) is 0.389. The molecule has 1 N–H and O–H groups in total. The van der Waals surface area contributed by atoms with Crippen LogP contribution in [0.25, 0.3) is 6.08 Å². The van der Waals surface area contributed by atoms with Crippen LogP contribution in [-0.2, 0) is 17.1 Å². The van der Waals surface area contributed by atoms with Crippen LogP contribution in [0.5, 0.6) is 0 Å². The van der Waals surface area contributed by atoms with Crippen molar-refractivity contribution in [1.29, 1.82) is 0 Å². The minimum absolute atomic E-state index is 0.128. The zero-order valence-electron chi connectivity index (χ0n) is 14.3. The lowest BCUT2D eigenvalue weighted by Crippen LogP contribution is -2.72. The number of rotatable bonds is 4. The fourth-order valence-corrected chi connectivity index (χ4v) is 5.29. The van der Waals surface area contributed by atoms with Crippen LogP contribution in [0.4, 0.5) is 0 Å². The fourth-order valence-electron chi connectivity index (χ4n) is 3.83. The van der Waals surface area contributed by atoms with Gasteiger partial charge in [-0.3, -0.25) is 0 Å². The lowest BCUT2D eigenvalue weighted by molar-refractivity contribution is 0.101. The van der Waals surface area contributed by atoms with E-state index in [1.807, 2.05) is 13.0 Å². The van der Waals surface area contributed by atoms with Gasteiger partial charge in [-0.05, 0) is 18.1 Å². The van der Waals surface area contributed by atoms with Gasteiger partial charge in [0, 0.05) is 44.3 Å². The molecule has 132 valence electrons. The molecule has 7 heteroatoms. The van der Waals surface area contributed by atoms with Crippen molar-refractivity contribution in [3.63, 3.8) is 0 Å². The summed E-state index contributed by atoms with van der Waals surface area (Å²) >= 11 is 0. The Morgan fingerprint density at radius 3 is 2.44 bits per heavy atom. The quantitative estimate of drug-likeness (QED) is 0.901. The van der Waals surface area contributed by atoms with E-state index in [1.165, 1.54) is 17.5 Å². The van der Waals surface area contributed by atoms with Gasteiger partial charge in [-0.2, -0.15) is 4.31 Å². The highest BCUT2D eigenvalue weighted by Crippen LogP contribution is 2.38. The Kier molecular flexibility index (Phi) is 4.02. The van der Waals surface area contributed by atoms with E-state index in [4.69, 9.17) is 0 Å². The topological polar surface area (TPSA) is 67.2 Å². The molecule has 0 aliphatic carbocycles. The van der Waals surface area contributed by atoms with Gasteiger partial charge in [0.05, 0.1) is 6.33 Å². The molecular weight excluding hydrogens is 336 g/mol. The van der Waals surface area contributed by atoms with E-state index in [-0.39, 0.29) is 17.1 Å². The Morgan fingerprint density at radius 1 is 1.20 bits per heavy atom. The highest BCUT2D eigenvalue weighted by molar-refractivity contribution is 7.89. The summed E-state index contributed by atoms with van der Waals surface area (Å²) in [4.78, 5) is 4.01. The van der Waals surface area contributed by atoms with Crippen molar-refractivity contribution in [3.8, 4) is 0 Å². The third-order valence-corrected chi connectivity index (χ3v) is 6.78. The number of benzene rings is 1. The Morgan fingerprint density at radius 2 is 1.88 bits per heavy atom. The van der Waals surface area contributed by atoms with Crippen LogP contribution in [0.15, 0.2) is 47.9 Å². The number of nitrogens with zero attached hydrogens (tertiary/aromatic N) is 3. The summed E-state index contributed by atoms with van der Waals surface area (Å²) in [6.45, 7) is 2.97. The zero-order chi connectivity index (χ0) is 17.6. The number of piperazine rings is 1. The number of hydrogen-bond donors (Lipinski definition) is 1. The molecule has 3 aliphatic rings. The molecule has 3 saturated heterocycles. The molecule has 6 nitrogen and oxygen atoms in total. The lowest BCUT2D eigenvalue weighted by atomic mass is 9.75. The monoisotopic (exact) mass is 358 g/mol. The number of aromatic nitrogens is 2. The van der Waals surface area contributed by atoms with Crippen LogP contribution in [0.1, 0.15) is 24.0 Å². The predicted molar refractivity (Wildman–Crippen MR) is 96.6 cm³/mol. The second-order valence-electron chi connectivity index (χ2n) is 6.77. The first-order valence-corrected chi connectivity index (χ1v) is 9.90. The molecule has 3 atom stereocenters. The maximum absolute atomic E-state index is 12.7. The summed E-state index contributed by atoms with van der Waals surface area (Å²) in [5.74, 6) is 0.370. The van der Waals surface area contributed by atoms with Gasteiger partial charge in [-0.1, -0.05) is 36.4 Å². The lowest BCUT2D eigenvalue weighted by Gasteiger charge is -2.54. The van der Waals surface area contributed by atoms with E-state index < -0.39 is 10.0 Å². The second-order valence-corrected chi connectivity index (χ2v) is 8.66. The van der Waals surface area contributed by atoms with Crippen LogP contribution < -0.4 is 5.32 Å². The minimum Gasteiger partial charge on any atom is -0.339 e. The van der Waals surface area contributed by atoms with Crippen LogP contribution in [0.3, 0.4) is 0 Å². The number of sulfonamides is 1. The molecular formula is C18H22N4O2S. The van der Waals surface area contributed by atoms with Gasteiger partial charge >= 0.3 is 0 Å². The summed E-state index contributed by atoms with van der Waals surface area (Å²) in [6.07, 6.45) is 7.17. The number of allylic oxidation sites excluding steroid dienone is 1. The number of imidazole rings is 1. The molecule has 2 aromatic rings. The van der Waals surface area contributed by atoms with Gasteiger partial charge in [0.15, 0.2) is 5.03 Å². The van der Waals surface area contributed by atoms with Gasteiger partial charge in [0.1, 0.15) is 0 Å². The Hall–Kier alpha value is -1.96. The number of fused-ring (bicyclic) bond motifs is 2. The van der Waals surface area contributed by atoms with Gasteiger partial charge in [-0.15, -0.1) is 0 Å². The van der Waals surface area contributed by atoms with Crippen molar-refractivity contribution in [3.05, 3.63) is 54.0 Å². The minimum atomic E-state index is -3.51. The van der Waals surface area contributed by atoms with Crippen molar-refractivity contribution < 1.29 is 8.42 Å². The molecule has 4 heterocycles. The third kappa shape index (κ3) is 2.82. The SMILES string of the molecule is C/C=C/c1ccc(C2[C@@H]3CN(S(=O)(=O)c4cn(C)cn4)C[C@H]2N3)cc1. The van der Waals surface area contributed by atoms with E-state index in [0.29, 0.717) is 19.0 Å². The molecule has 0 saturated carbocycles. The molecule has 1 aromatic heterocycles. The Balaban J connectivity index is 1.51. The second kappa shape index (κ2) is 6.09. The molecule has 3 aliphatic heterocycles. The van der Waals surface area contributed by atoms with E-state index in [1.54, 1.807) is 22.1 Å². The number of hydrogen-bond acceptors (Lipinski definition) is 4. The van der Waals surface area contributed by atoms with Crippen molar-refractivity contribution >= 4 is 16.1 Å². The normalized spacial score (nSPS) is 26.7. The predicted octanol–water partition coefficient (Wildman–Crippen LogP) is 1.58. The van der Waals surface area contributed by atoms with Gasteiger partial charge in [0.2, 0.25) is 0 Å². The van der Waals surface area contributed by atoms with Gasteiger partial charge in [-0.25, -0.2) is 13.4 Å². The molecule has 25 heavy (non-hydrogen) atoms. The average Bonchev–Trinajstić information content (AvgIpc) is 3.04. The largest absolute Gasteiger partial charge is 0.339 e. The molecule has 0 amide bonds. The summed E-state index contributed by atoms with van der Waals surface area (Å²) in [5, 5.41) is 3.61. The number of aryl methyl sites for hydroxylation is 1. The first kappa shape index (κ1) is 16.5. The van der Waals surface area contributed by atoms with E-state index in [0.717, 1.165) is 0 Å². The van der Waals surface area contributed by atoms with E-state index >= 15 is 0 Å². The first-order chi connectivity index (χ1) is 12.0. The number of nitrogens with one attached hydrogen (secondary N) is 1. The zero-order valence-corrected chi connectivity index (χ0v) is 15.1. The Bertz CT molecular complexity index is 889. The first-order valence-electron chi connectivity index (χ1n) is 8.46. The maximum atomic E-state index is 12.7. The molecule has 3 fully saturated rings. The van der Waals surface area contributed by atoms with Crippen LogP contribution in [0.2, 0.25) is 0 Å². The summed E-state index contributed by atoms with van der Waals surface area (Å²) in [7, 11) is -1.74. The molecule has 5 rings (SSSR count).